The van der Waals surface area contributed by atoms with Crippen LogP contribution < -0.4 is 5.01 Å². The molecule has 3 aromatic carbocycles. The molecule has 5 heteroatoms. The number of aryl methyl sites for hydroxylation is 2. The second kappa shape index (κ2) is 7.56. The van der Waals surface area contributed by atoms with Gasteiger partial charge in [-0.2, -0.15) is 20.3 Å². The number of nitrogens with zero attached hydrogens (tertiary/aromatic N) is 4. The summed E-state index contributed by atoms with van der Waals surface area (Å²) in [4.78, 5) is 13.2. The van der Waals surface area contributed by atoms with Crippen LogP contribution >= 0.6 is 0 Å². The van der Waals surface area contributed by atoms with Gasteiger partial charge in [-0.05, 0) is 37.6 Å². The largest absolute Gasteiger partial charge is 0.280 e. The summed E-state index contributed by atoms with van der Waals surface area (Å²) in [6.45, 7) is 4.00. The summed E-state index contributed by atoms with van der Waals surface area (Å²) in [6, 6.07) is 24.2. The molecular formula is C23H20N4O. The van der Waals surface area contributed by atoms with Crippen molar-refractivity contribution >= 4 is 23.0 Å². The van der Waals surface area contributed by atoms with E-state index in [1.54, 1.807) is 0 Å². The van der Waals surface area contributed by atoms with E-state index in [1.807, 2.05) is 92.7 Å². The molecule has 0 fully saturated rings. The van der Waals surface area contributed by atoms with Crippen LogP contribution in [0, 0.1) is 13.8 Å². The number of rotatable bonds is 4. The molecule has 0 radical (unpaired) electrons. The third kappa shape index (κ3) is 3.47. The molecule has 3 aromatic rings. The van der Waals surface area contributed by atoms with Gasteiger partial charge in [0.25, 0.3) is 5.91 Å². The van der Waals surface area contributed by atoms with E-state index in [2.05, 4.69) is 15.3 Å². The molecule has 0 N–H and O–H groups in total. The van der Waals surface area contributed by atoms with E-state index in [1.165, 1.54) is 5.01 Å². The standard InChI is InChI=1S/C23H20N4O/c1-16-13-14-20(17(2)15-16)27-23(28)22(25-24-19-11-7-4-8-12-19)21(26-27)18-9-5-3-6-10-18/h3-15,22H,1-2H3. The molecule has 138 valence electrons. The number of hydrazone groups is 1. The predicted molar refractivity (Wildman–Crippen MR) is 111 cm³/mol. The zero-order valence-electron chi connectivity index (χ0n) is 15.8. The molecular weight excluding hydrogens is 348 g/mol. The summed E-state index contributed by atoms with van der Waals surface area (Å²) in [6.07, 6.45) is 0. The predicted octanol–water partition coefficient (Wildman–Crippen LogP) is 5.21. The minimum Gasteiger partial charge on any atom is -0.269 e. The van der Waals surface area contributed by atoms with Crippen LogP contribution in [-0.2, 0) is 4.79 Å². The van der Waals surface area contributed by atoms with Crippen LogP contribution in [0.25, 0.3) is 0 Å². The lowest BCUT2D eigenvalue weighted by molar-refractivity contribution is -0.117. The lowest BCUT2D eigenvalue weighted by Crippen LogP contribution is -2.31. The molecule has 1 heterocycles. The van der Waals surface area contributed by atoms with E-state index >= 15 is 0 Å². The number of azo groups is 1. The summed E-state index contributed by atoms with van der Waals surface area (Å²) in [5.41, 5.74) is 5.06. The minimum atomic E-state index is -0.775. The summed E-state index contributed by atoms with van der Waals surface area (Å²) < 4.78 is 0. The highest BCUT2D eigenvalue weighted by atomic mass is 16.2. The first-order valence-corrected chi connectivity index (χ1v) is 9.14. The first kappa shape index (κ1) is 17.8. The summed E-state index contributed by atoms with van der Waals surface area (Å²) in [7, 11) is 0. The van der Waals surface area contributed by atoms with Crippen molar-refractivity contribution in [1.29, 1.82) is 0 Å². The molecule has 0 saturated carbocycles. The number of hydrogen-bond donors (Lipinski definition) is 0. The van der Waals surface area contributed by atoms with Gasteiger partial charge in [0.1, 0.15) is 5.71 Å². The Balaban J connectivity index is 1.75. The van der Waals surface area contributed by atoms with Gasteiger partial charge in [-0.15, -0.1) is 0 Å². The van der Waals surface area contributed by atoms with Gasteiger partial charge in [0, 0.05) is 5.56 Å². The molecule has 0 bridgehead atoms. The molecule has 1 unspecified atom stereocenters. The van der Waals surface area contributed by atoms with Crippen molar-refractivity contribution in [2.24, 2.45) is 15.3 Å². The Morgan fingerprint density at radius 2 is 1.57 bits per heavy atom. The Kier molecular flexibility index (Phi) is 4.81. The van der Waals surface area contributed by atoms with Gasteiger partial charge in [-0.25, -0.2) is 0 Å². The first-order valence-electron chi connectivity index (χ1n) is 9.14. The number of amides is 1. The van der Waals surface area contributed by atoms with Crippen molar-refractivity contribution in [3.05, 3.63) is 95.6 Å². The number of anilines is 1. The molecule has 4 rings (SSSR count). The maximum Gasteiger partial charge on any atom is 0.280 e. The Bertz CT molecular complexity index is 1060. The first-order chi connectivity index (χ1) is 13.6. The zero-order valence-corrected chi connectivity index (χ0v) is 15.8. The fourth-order valence-corrected chi connectivity index (χ4v) is 3.21. The molecule has 0 aliphatic carbocycles. The average molecular weight is 368 g/mol. The van der Waals surface area contributed by atoms with Crippen LogP contribution in [0.3, 0.4) is 0 Å². The third-order valence-corrected chi connectivity index (χ3v) is 4.60. The van der Waals surface area contributed by atoms with Crippen LogP contribution in [0.15, 0.2) is 94.2 Å². The van der Waals surface area contributed by atoms with Gasteiger partial charge in [-0.1, -0.05) is 66.2 Å². The van der Waals surface area contributed by atoms with E-state index in [4.69, 9.17) is 0 Å². The van der Waals surface area contributed by atoms with Crippen molar-refractivity contribution in [3.63, 3.8) is 0 Å². The van der Waals surface area contributed by atoms with E-state index in [0.717, 1.165) is 22.4 Å². The second-order valence-electron chi connectivity index (χ2n) is 6.74. The highest BCUT2D eigenvalue weighted by molar-refractivity contribution is 6.24. The van der Waals surface area contributed by atoms with Gasteiger partial charge in [0.15, 0.2) is 6.04 Å². The fourth-order valence-electron chi connectivity index (χ4n) is 3.21. The van der Waals surface area contributed by atoms with Gasteiger partial charge in [0.2, 0.25) is 0 Å². The molecule has 5 nitrogen and oxygen atoms in total. The molecule has 0 aromatic heterocycles. The minimum absolute atomic E-state index is 0.203. The molecule has 0 saturated heterocycles. The van der Waals surface area contributed by atoms with E-state index in [0.29, 0.717) is 11.4 Å². The highest BCUT2D eigenvalue weighted by Gasteiger charge is 2.38. The smallest absolute Gasteiger partial charge is 0.269 e. The SMILES string of the molecule is Cc1ccc(N2N=C(c3ccccc3)C(N=Nc3ccccc3)C2=O)c(C)c1. The van der Waals surface area contributed by atoms with Gasteiger partial charge in [-0.3, -0.25) is 4.79 Å². The number of hydrogen-bond acceptors (Lipinski definition) is 4. The van der Waals surface area contributed by atoms with Crippen LogP contribution in [0.2, 0.25) is 0 Å². The quantitative estimate of drug-likeness (QED) is 0.583. The Morgan fingerprint density at radius 3 is 2.25 bits per heavy atom. The zero-order chi connectivity index (χ0) is 19.5. The topological polar surface area (TPSA) is 57.4 Å². The molecule has 1 amide bonds. The fraction of sp³-hybridized carbons (Fsp3) is 0.130. The van der Waals surface area contributed by atoms with Crippen molar-refractivity contribution in [2.75, 3.05) is 5.01 Å². The molecule has 28 heavy (non-hydrogen) atoms. The second-order valence-corrected chi connectivity index (χ2v) is 6.74. The van der Waals surface area contributed by atoms with E-state index in [-0.39, 0.29) is 5.91 Å². The Labute approximate surface area is 164 Å². The molecule has 0 spiro atoms. The maximum absolute atomic E-state index is 13.2. The Hall–Kier alpha value is -3.60. The highest BCUT2D eigenvalue weighted by Crippen LogP contribution is 2.29. The summed E-state index contributed by atoms with van der Waals surface area (Å²) in [5, 5.41) is 14.7. The number of carbonyl (C=O) groups is 1. The number of benzene rings is 3. The van der Waals surface area contributed by atoms with Crippen LogP contribution in [0.4, 0.5) is 11.4 Å². The average Bonchev–Trinajstić information content (AvgIpc) is 3.04. The third-order valence-electron chi connectivity index (χ3n) is 4.60. The number of carbonyl (C=O) groups excluding carboxylic acids is 1. The Morgan fingerprint density at radius 1 is 0.893 bits per heavy atom. The molecule has 1 aliphatic heterocycles. The van der Waals surface area contributed by atoms with Crippen LogP contribution in [0.1, 0.15) is 16.7 Å². The lowest BCUT2D eigenvalue weighted by atomic mass is 10.0. The van der Waals surface area contributed by atoms with Gasteiger partial charge >= 0.3 is 0 Å². The lowest BCUT2D eigenvalue weighted by Gasteiger charge is -2.15. The molecule has 1 atom stereocenters. The normalized spacial score (nSPS) is 16.6. The van der Waals surface area contributed by atoms with E-state index < -0.39 is 6.04 Å². The van der Waals surface area contributed by atoms with Crippen molar-refractivity contribution in [3.8, 4) is 0 Å². The van der Waals surface area contributed by atoms with Crippen LogP contribution in [-0.4, -0.2) is 17.7 Å². The van der Waals surface area contributed by atoms with Gasteiger partial charge in [0.05, 0.1) is 11.4 Å². The monoisotopic (exact) mass is 368 g/mol. The van der Waals surface area contributed by atoms with Gasteiger partial charge < -0.3 is 0 Å². The summed E-state index contributed by atoms with van der Waals surface area (Å²) in [5.74, 6) is -0.203. The van der Waals surface area contributed by atoms with Crippen molar-refractivity contribution in [2.45, 2.75) is 19.9 Å². The molecule has 1 aliphatic rings. The van der Waals surface area contributed by atoms with Crippen LogP contribution in [0.5, 0.6) is 0 Å². The van der Waals surface area contributed by atoms with Crippen molar-refractivity contribution < 1.29 is 4.79 Å². The summed E-state index contributed by atoms with van der Waals surface area (Å²) >= 11 is 0. The maximum atomic E-state index is 13.2. The van der Waals surface area contributed by atoms with Crippen molar-refractivity contribution in [1.82, 2.24) is 0 Å². The van der Waals surface area contributed by atoms with E-state index in [9.17, 15) is 4.79 Å².